The van der Waals surface area contributed by atoms with Crippen LogP contribution in [0.25, 0.3) is 0 Å². The number of benzene rings is 2. The molecule has 2 aromatic rings. The molecule has 1 saturated carbocycles. The Morgan fingerprint density at radius 1 is 1.00 bits per heavy atom. The van der Waals surface area contributed by atoms with Gasteiger partial charge in [0.15, 0.2) is 0 Å². The summed E-state index contributed by atoms with van der Waals surface area (Å²) in [4.78, 5) is 0. The summed E-state index contributed by atoms with van der Waals surface area (Å²) in [6, 6.07) is 12.9. The van der Waals surface area contributed by atoms with E-state index in [0.717, 1.165) is 17.9 Å². The third-order valence-electron chi connectivity index (χ3n) is 4.80. The van der Waals surface area contributed by atoms with Gasteiger partial charge in [-0.25, -0.2) is 4.39 Å². The minimum absolute atomic E-state index is 0. The zero-order valence-electron chi connectivity index (χ0n) is 14.8. The van der Waals surface area contributed by atoms with Gasteiger partial charge in [0.05, 0.1) is 0 Å². The third-order valence-corrected chi connectivity index (χ3v) is 5.04. The molecule has 0 radical (unpaired) electrons. The molecule has 1 aliphatic carbocycles. The monoisotopic (exact) mass is 396 g/mol. The summed E-state index contributed by atoms with van der Waals surface area (Å²) in [5.74, 6) is 0.517. The van der Waals surface area contributed by atoms with Gasteiger partial charge in [-0.1, -0.05) is 55.5 Å². The molecule has 0 spiro atoms. The maximum atomic E-state index is 13.8. The van der Waals surface area contributed by atoms with Gasteiger partial charge in [-0.15, -0.1) is 0 Å². The second-order valence-corrected chi connectivity index (χ2v) is 7.14. The molecule has 2 nitrogen and oxygen atoms in total. The minimum atomic E-state index is -0.241. The minimum Gasteiger partial charge on any atom is -1.00 e. The Bertz CT molecular complexity index is 687. The number of hydrogen-bond donors (Lipinski definition) is 1. The zero-order valence-corrected chi connectivity index (χ0v) is 16.3. The van der Waals surface area contributed by atoms with E-state index in [4.69, 9.17) is 16.3 Å². The number of halogens is 3. The summed E-state index contributed by atoms with van der Waals surface area (Å²) in [5.41, 5.74) is 1.58. The molecule has 0 amide bonds. The van der Waals surface area contributed by atoms with Crippen molar-refractivity contribution in [3.63, 3.8) is 0 Å². The number of nitrogens with one attached hydrogen (secondary N) is 1. The third kappa shape index (κ3) is 6.15. The Morgan fingerprint density at radius 3 is 2.46 bits per heavy atom. The van der Waals surface area contributed by atoms with Gasteiger partial charge >= 0.3 is 0 Å². The molecule has 0 aliphatic heterocycles. The van der Waals surface area contributed by atoms with Crippen molar-refractivity contribution in [2.45, 2.75) is 57.7 Å². The van der Waals surface area contributed by atoms with Crippen LogP contribution in [0.2, 0.25) is 5.02 Å². The van der Waals surface area contributed by atoms with Crippen molar-refractivity contribution in [1.82, 2.24) is 5.32 Å². The van der Waals surface area contributed by atoms with Crippen molar-refractivity contribution >= 4 is 11.6 Å². The lowest BCUT2D eigenvalue weighted by atomic mass is 10.1. The van der Waals surface area contributed by atoms with Crippen molar-refractivity contribution in [2.24, 2.45) is 0 Å². The van der Waals surface area contributed by atoms with Crippen LogP contribution < -0.4 is 22.5 Å². The smallest absolute Gasteiger partial charge is 0.129 e. The summed E-state index contributed by atoms with van der Waals surface area (Å²) in [7, 11) is 0. The summed E-state index contributed by atoms with van der Waals surface area (Å²) >= 11 is 6.16. The van der Waals surface area contributed by atoms with Gasteiger partial charge in [0.1, 0.15) is 18.2 Å². The first kappa shape index (κ1) is 21.0. The molecule has 5 heteroatoms. The van der Waals surface area contributed by atoms with Crippen molar-refractivity contribution in [1.29, 1.82) is 0 Å². The predicted molar refractivity (Wildman–Crippen MR) is 101 cm³/mol. The van der Waals surface area contributed by atoms with E-state index in [-0.39, 0.29) is 24.8 Å². The van der Waals surface area contributed by atoms with E-state index in [2.05, 4.69) is 5.32 Å². The maximum absolute atomic E-state index is 13.8. The van der Waals surface area contributed by atoms with Crippen molar-refractivity contribution in [2.75, 3.05) is 0 Å². The first-order valence-corrected chi connectivity index (χ1v) is 9.48. The summed E-state index contributed by atoms with van der Waals surface area (Å²) in [6.45, 7) is 0.933. The molecular formula is C21H25Cl2FNO-. The number of rotatable bonds is 6. The van der Waals surface area contributed by atoms with E-state index in [9.17, 15) is 4.39 Å². The van der Waals surface area contributed by atoms with Crippen LogP contribution in [0.3, 0.4) is 0 Å². The highest BCUT2D eigenvalue weighted by molar-refractivity contribution is 6.30. The average molecular weight is 397 g/mol. The van der Waals surface area contributed by atoms with E-state index in [1.165, 1.54) is 44.6 Å². The molecule has 142 valence electrons. The Labute approximate surface area is 166 Å². The van der Waals surface area contributed by atoms with Crippen LogP contribution in [-0.2, 0) is 13.2 Å². The molecule has 0 saturated heterocycles. The Hall–Kier alpha value is -1.29. The molecule has 0 aromatic heterocycles. The molecule has 0 unspecified atom stereocenters. The molecular weight excluding hydrogens is 372 g/mol. The van der Waals surface area contributed by atoms with Crippen molar-refractivity contribution < 1.29 is 21.5 Å². The fraction of sp³-hybridized carbons (Fsp3) is 0.429. The summed E-state index contributed by atoms with van der Waals surface area (Å²) in [5, 5.41) is 4.33. The van der Waals surface area contributed by atoms with E-state index in [1.54, 1.807) is 12.1 Å². The molecule has 2 aromatic carbocycles. The van der Waals surface area contributed by atoms with Gasteiger partial charge in [0.2, 0.25) is 0 Å². The van der Waals surface area contributed by atoms with Crippen LogP contribution in [0, 0.1) is 5.82 Å². The second-order valence-electron chi connectivity index (χ2n) is 6.70. The van der Waals surface area contributed by atoms with Gasteiger partial charge in [0, 0.05) is 28.7 Å². The quantitative estimate of drug-likeness (QED) is 0.757. The maximum Gasteiger partial charge on any atom is 0.129 e. The highest BCUT2D eigenvalue weighted by atomic mass is 35.5. The van der Waals surface area contributed by atoms with Crippen molar-refractivity contribution in [3.8, 4) is 5.75 Å². The lowest BCUT2D eigenvalue weighted by Crippen LogP contribution is -3.00. The van der Waals surface area contributed by atoms with Gasteiger partial charge < -0.3 is 22.5 Å². The Kier molecular flexibility index (Phi) is 8.70. The molecule has 1 aliphatic rings. The van der Waals surface area contributed by atoms with Crippen LogP contribution in [0.1, 0.15) is 49.7 Å². The lowest BCUT2D eigenvalue weighted by molar-refractivity contribution is -0.00000607. The lowest BCUT2D eigenvalue weighted by Gasteiger charge is -2.18. The highest BCUT2D eigenvalue weighted by Gasteiger charge is 2.13. The van der Waals surface area contributed by atoms with Gasteiger partial charge in [-0.2, -0.15) is 0 Å². The highest BCUT2D eigenvalue weighted by Crippen LogP contribution is 2.25. The standard InChI is InChI=1S/C21H25ClFNO.ClH/c22-18-11-12-21(25-15-16-7-5-6-10-20(16)23)17(13-18)14-24-19-8-3-1-2-4-9-19;/h5-7,10-13,19,24H,1-4,8-9,14-15H2;1H/p-1. The zero-order chi connectivity index (χ0) is 17.5. The van der Waals surface area contributed by atoms with Crippen LogP contribution in [0.5, 0.6) is 5.75 Å². The summed E-state index contributed by atoms with van der Waals surface area (Å²) < 4.78 is 19.7. The van der Waals surface area contributed by atoms with Gasteiger partial charge in [-0.3, -0.25) is 0 Å². The van der Waals surface area contributed by atoms with Crippen molar-refractivity contribution in [3.05, 3.63) is 64.4 Å². The molecule has 1 N–H and O–H groups in total. The number of ether oxygens (including phenoxy) is 1. The van der Waals surface area contributed by atoms with Crippen LogP contribution >= 0.6 is 11.6 Å². The SMILES string of the molecule is Fc1ccccc1COc1ccc(Cl)cc1CNC1CCCCCC1.[Cl-]. The number of hydrogen-bond acceptors (Lipinski definition) is 2. The molecule has 1 fully saturated rings. The van der Waals surface area contributed by atoms with Crippen LogP contribution in [0.15, 0.2) is 42.5 Å². The van der Waals surface area contributed by atoms with Crippen LogP contribution in [0.4, 0.5) is 4.39 Å². The first-order chi connectivity index (χ1) is 12.2. The topological polar surface area (TPSA) is 21.3 Å². The molecule has 3 rings (SSSR count). The van der Waals surface area contributed by atoms with E-state index in [1.807, 2.05) is 24.3 Å². The van der Waals surface area contributed by atoms with E-state index < -0.39 is 0 Å². The van der Waals surface area contributed by atoms with E-state index >= 15 is 0 Å². The van der Waals surface area contributed by atoms with Crippen LogP contribution in [-0.4, -0.2) is 6.04 Å². The predicted octanol–water partition coefficient (Wildman–Crippen LogP) is 2.87. The van der Waals surface area contributed by atoms with Gasteiger partial charge in [-0.05, 0) is 37.1 Å². The first-order valence-electron chi connectivity index (χ1n) is 9.10. The van der Waals surface area contributed by atoms with Gasteiger partial charge in [0.25, 0.3) is 0 Å². The molecule has 0 bridgehead atoms. The average Bonchev–Trinajstić information content (AvgIpc) is 2.89. The Balaban J connectivity index is 0.00000243. The fourth-order valence-electron chi connectivity index (χ4n) is 3.34. The normalized spacial score (nSPS) is 15.2. The molecule has 0 atom stereocenters. The second kappa shape index (κ2) is 10.8. The molecule has 26 heavy (non-hydrogen) atoms. The van der Waals surface area contributed by atoms with E-state index in [0.29, 0.717) is 16.6 Å². The largest absolute Gasteiger partial charge is 1.00 e. The molecule has 0 heterocycles. The summed E-state index contributed by atoms with van der Waals surface area (Å²) in [6.07, 6.45) is 7.73. The Morgan fingerprint density at radius 2 is 1.73 bits per heavy atom. The fourth-order valence-corrected chi connectivity index (χ4v) is 3.53.